The van der Waals surface area contributed by atoms with Crippen LogP contribution in [0.25, 0.3) is 10.2 Å². The molecule has 10 heteroatoms. The Hall–Kier alpha value is -3.76. The van der Waals surface area contributed by atoms with Crippen LogP contribution in [0.4, 0.5) is 5.69 Å². The average molecular weight is 524 g/mol. The monoisotopic (exact) mass is 523 g/mol. The Morgan fingerprint density at radius 1 is 1.00 bits per heavy atom. The van der Waals surface area contributed by atoms with Crippen molar-refractivity contribution in [2.24, 2.45) is 4.99 Å². The van der Waals surface area contributed by atoms with Crippen LogP contribution >= 0.6 is 11.3 Å². The molecule has 0 atom stereocenters. The molecule has 1 aromatic heterocycles. The van der Waals surface area contributed by atoms with Crippen molar-refractivity contribution in [3.8, 4) is 0 Å². The molecule has 0 radical (unpaired) electrons. The van der Waals surface area contributed by atoms with Gasteiger partial charge < -0.3 is 9.30 Å². The van der Waals surface area contributed by atoms with Gasteiger partial charge in [-0.05, 0) is 74.4 Å². The third kappa shape index (κ3) is 5.39. The lowest BCUT2D eigenvalue weighted by molar-refractivity contribution is -0.141. The van der Waals surface area contributed by atoms with Gasteiger partial charge in [-0.25, -0.2) is 8.42 Å². The van der Waals surface area contributed by atoms with E-state index in [1.54, 1.807) is 34.9 Å². The minimum absolute atomic E-state index is 0.0957. The summed E-state index contributed by atoms with van der Waals surface area (Å²) in [5.41, 5.74) is 4.29. The van der Waals surface area contributed by atoms with Gasteiger partial charge in [0.1, 0.15) is 6.54 Å². The number of aromatic nitrogens is 1. The zero-order valence-corrected chi connectivity index (χ0v) is 21.9. The van der Waals surface area contributed by atoms with Crippen LogP contribution in [-0.2, 0) is 26.1 Å². The van der Waals surface area contributed by atoms with Gasteiger partial charge in [-0.15, -0.1) is 0 Å². The number of fused-ring (bicyclic) bond motifs is 1. The van der Waals surface area contributed by atoms with Gasteiger partial charge in [0, 0.05) is 11.3 Å². The second kappa shape index (κ2) is 10.1. The van der Waals surface area contributed by atoms with Crippen molar-refractivity contribution >= 4 is 49.1 Å². The van der Waals surface area contributed by atoms with Crippen LogP contribution in [0.1, 0.15) is 27.0 Å². The van der Waals surface area contributed by atoms with E-state index in [9.17, 15) is 18.0 Å². The number of esters is 1. The van der Waals surface area contributed by atoms with E-state index in [1.807, 2.05) is 32.9 Å². The molecule has 0 aliphatic heterocycles. The number of carbonyl (C=O) groups is 2. The average Bonchev–Trinajstić information content (AvgIpc) is 3.14. The van der Waals surface area contributed by atoms with Crippen molar-refractivity contribution in [2.45, 2.75) is 32.2 Å². The molecule has 3 aromatic carbocycles. The molecule has 1 amide bonds. The summed E-state index contributed by atoms with van der Waals surface area (Å²) in [5.74, 6) is -1.03. The van der Waals surface area contributed by atoms with E-state index in [1.165, 1.54) is 36.6 Å². The number of nitrogens with zero attached hydrogens (tertiary/aromatic N) is 2. The first kappa shape index (κ1) is 25.3. The first-order valence-electron chi connectivity index (χ1n) is 11.0. The van der Waals surface area contributed by atoms with Crippen LogP contribution in [0.3, 0.4) is 0 Å². The molecule has 0 aliphatic rings. The summed E-state index contributed by atoms with van der Waals surface area (Å²) in [7, 11) is -2.52. The number of ether oxygens (including phenoxy) is 1. The van der Waals surface area contributed by atoms with Gasteiger partial charge in [-0.1, -0.05) is 35.1 Å². The van der Waals surface area contributed by atoms with E-state index in [0.717, 1.165) is 26.9 Å². The third-order valence-electron chi connectivity index (χ3n) is 5.70. The zero-order chi connectivity index (χ0) is 26.0. The second-order valence-corrected chi connectivity index (χ2v) is 11.1. The molecular formula is C26H25N3O5S2. The van der Waals surface area contributed by atoms with Crippen molar-refractivity contribution in [1.29, 1.82) is 0 Å². The van der Waals surface area contributed by atoms with Crippen molar-refractivity contribution in [1.82, 2.24) is 4.57 Å². The van der Waals surface area contributed by atoms with Crippen molar-refractivity contribution in [2.75, 3.05) is 11.8 Å². The molecule has 0 aliphatic carbocycles. The van der Waals surface area contributed by atoms with E-state index in [-0.39, 0.29) is 22.7 Å². The van der Waals surface area contributed by atoms with E-state index in [2.05, 4.69) is 9.71 Å². The number of benzene rings is 3. The van der Waals surface area contributed by atoms with Gasteiger partial charge in [-0.2, -0.15) is 4.99 Å². The van der Waals surface area contributed by atoms with Crippen LogP contribution in [0.15, 0.2) is 70.6 Å². The Morgan fingerprint density at radius 3 is 2.39 bits per heavy atom. The predicted octanol–water partition coefficient (Wildman–Crippen LogP) is 4.34. The summed E-state index contributed by atoms with van der Waals surface area (Å²) < 4.78 is 35.4. The molecule has 36 heavy (non-hydrogen) atoms. The largest absolute Gasteiger partial charge is 0.468 e. The first-order chi connectivity index (χ1) is 17.1. The van der Waals surface area contributed by atoms with E-state index in [0.29, 0.717) is 4.80 Å². The van der Waals surface area contributed by atoms with Gasteiger partial charge in [-0.3, -0.25) is 14.3 Å². The molecule has 4 aromatic rings. The quantitative estimate of drug-likeness (QED) is 0.378. The number of rotatable bonds is 6. The molecular weight excluding hydrogens is 498 g/mol. The van der Waals surface area contributed by atoms with Gasteiger partial charge in [0.25, 0.3) is 15.9 Å². The number of thiazole rings is 1. The van der Waals surface area contributed by atoms with Gasteiger partial charge >= 0.3 is 5.97 Å². The first-order valence-corrected chi connectivity index (χ1v) is 13.3. The number of hydrogen-bond acceptors (Lipinski definition) is 6. The van der Waals surface area contributed by atoms with Crippen molar-refractivity contribution in [3.05, 3.63) is 87.7 Å². The molecule has 0 fully saturated rings. The number of amides is 1. The minimum atomic E-state index is -3.83. The molecule has 186 valence electrons. The summed E-state index contributed by atoms with van der Waals surface area (Å²) >= 11 is 1.29. The minimum Gasteiger partial charge on any atom is -0.468 e. The fourth-order valence-electron chi connectivity index (χ4n) is 3.55. The van der Waals surface area contributed by atoms with Crippen LogP contribution in [0.2, 0.25) is 0 Å². The highest BCUT2D eigenvalue weighted by molar-refractivity contribution is 7.92. The Balaban J connectivity index is 1.70. The normalized spacial score (nSPS) is 12.1. The smallest absolute Gasteiger partial charge is 0.325 e. The summed E-state index contributed by atoms with van der Waals surface area (Å²) in [6.45, 7) is 5.74. The van der Waals surface area contributed by atoms with Crippen molar-refractivity contribution < 1.29 is 22.7 Å². The Labute approximate surface area is 212 Å². The fraction of sp³-hybridized carbons (Fsp3) is 0.192. The van der Waals surface area contributed by atoms with Crippen LogP contribution < -0.4 is 9.52 Å². The fourth-order valence-corrected chi connectivity index (χ4v) is 5.71. The maximum Gasteiger partial charge on any atom is 0.325 e. The van der Waals surface area contributed by atoms with E-state index in [4.69, 9.17) is 4.74 Å². The highest BCUT2D eigenvalue weighted by atomic mass is 32.2. The van der Waals surface area contributed by atoms with E-state index >= 15 is 0 Å². The number of anilines is 1. The number of nitrogens with one attached hydrogen (secondary N) is 1. The number of aryl methyl sites for hydroxylation is 3. The highest BCUT2D eigenvalue weighted by Crippen LogP contribution is 2.23. The number of carbonyl (C=O) groups excluding carboxylic acids is 2. The molecule has 4 rings (SSSR count). The maximum atomic E-state index is 13.1. The van der Waals surface area contributed by atoms with Crippen LogP contribution in [-0.4, -0.2) is 32.0 Å². The summed E-state index contributed by atoms with van der Waals surface area (Å²) in [6, 6.07) is 16.5. The standard InChI is InChI=1S/C26H25N3O5S2/c1-16-8-10-21(11-9-16)36(32,33)28-20-7-5-6-19(14-20)25(31)27-26-29(15-24(30)34-4)22-12-17(2)18(3)13-23(22)35-26/h5-14,28H,15H2,1-4H3. The molecule has 0 bridgehead atoms. The number of hydrogen-bond donors (Lipinski definition) is 1. The Kier molecular flexibility index (Phi) is 7.09. The second-order valence-electron chi connectivity index (χ2n) is 8.37. The predicted molar refractivity (Wildman–Crippen MR) is 140 cm³/mol. The molecule has 1 heterocycles. The molecule has 0 unspecified atom stereocenters. The van der Waals surface area contributed by atoms with Gasteiger partial charge in [0.2, 0.25) is 0 Å². The molecule has 0 saturated heterocycles. The zero-order valence-electron chi connectivity index (χ0n) is 20.2. The molecule has 0 saturated carbocycles. The number of sulfonamides is 1. The summed E-state index contributed by atoms with van der Waals surface area (Å²) in [6.07, 6.45) is 0. The summed E-state index contributed by atoms with van der Waals surface area (Å²) in [5, 5.41) is 0. The lowest BCUT2D eigenvalue weighted by Crippen LogP contribution is -2.22. The SMILES string of the molecule is COC(=O)Cn1c(=NC(=O)c2cccc(NS(=O)(=O)c3ccc(C)cc3)c2)sc2cc(C)c(C)cc21. The topological polar surface area (TPSA) is 107 Å². The van der Waals surface area contributed by atoms with Crippen LogP contribution in [0.5, 0.6) is 0 Å². The van der Waals surface area contributed by atoms with Gasteiger partial charge in [0.15, 0.2) is 4.80 Å². The van der Waals surface area contributed by atoms with Crippen LogP contribution in [0, 0.1) is 20.8 Å². The van der Waals surface area contributed by atoms with Gasteiger partial charge in [0.05, 0.1) is 22.2 Å². The lowest BCUT2D eigenvalue weighted by atomic mass is 10.1. The molecule has 1 N–H and O–H groups in total. The highest BCUT2D eigenvalue weighted by Gasteiger charge is 2.16. The third-order valence-corrected chi connectivity index (χ3v) is 8.14. The van der Waals surface area contributed by atoms with Crippen molar-refractivity contribution in [3.63, 3.8) is 0 Å². The Morgan fingerprint density at radius 2 is 1.69 bits per heavy atom. The number of methoxy groups -OCH3 is 1. The maximum absolute atomic E-state index is 13.1. The van der Waals surface area contributed by atoms with E-state index < -0.39 is 21.9 Å². The lowest BCUT2D eigenvalue weighted by Gasteiger charge is -2.09. The Bertz CT molecular complexity index is 1650. The summed E-state index contributed by atoms with van der Waals surface area (Å²) in [4.78, 5) is 29.9. The molecule has 8 nitrogen and oxygen atoms in total. The molecule has 0 spiro atoms.